The van der Waals surface area contributed by atoms with E-state index in [-0.39, 0.29) is 21.8 Å². The molecule has 0 aliphatic heterocycles. The number of halogens is 2. The number of hydrogen-bond donors (Lipinski definition) is 0. The Labute approximate surface area is 125 Å². The average Bonchev–Trinajstić information content (AvgIpc) is 2.35. The Balaban J connectivity index is 3.32. The lowest BCUT2D eigenvalue weighted by Gasteiger charge is -2.26. The van der Waals surface area contributed by atoms with E-state index in [1.54, 1.807) is 18.2 Å². The molecule has 0 fully saturated rings. The van der Waals surface area contributed by atoms with Crippen molar-refractivity contribution in [1.82, 2.24) is 4.31 Å². The second-order valence-corrected chi connectivity index (χ2v) is 7.14. The van der Waals surface area contributed by atoms with Crippen LogP contribution in [0.2, 0.25) is 5.02 Å². The molecule has 0 saturated carbocycles. The summed E-state index contributed by atoms with van der Waals surface area (Å²) in [5, 5.41) is 0.232. The number of rotatable bonds is 6. The van der Waals surface area contributed by atoms with Gasteiger partial charge in [-0.15, -0.1) is 11.6 Å². The Morgan fingerprint density at radius 1 is 1.32 bits per heavy atom. The third-order valence-corrected chi connectivity index (χ3v) is 5.62. The van der Waals surface area contributed by atoms with Crippen LogP contribution in [-0.4, -0.2) is 25.3 Å². The number of hydrogen-bond acceptors (Lipinski definition) is 2. The van der Waals surface area contributed by atoms with E-state index in [2.05, 4.69) is 0 Å². The second kappa shape index (κ2) is 6.93. The smallest absolute Gasteiger partial charge is 0.207 e. The van der Waals surface area contributed by atoms with Crippen LogP contribution < -0.4 is 0 Å². The highest BCUT2D eigenvalue weighted by Crippen LogP contribution is 2.27. The van der Waals surface area contributed by atoms with Crippen molar-refractivity contribution in [2.75, 3.05) is 6.54 Å². The summed E-state index contributed by atoms with van der Waals surface area (Å²) < 4.78 is 26.8. The first-order valence-corrected chi connectivity index (χ1v) is 8.56. The Hall–Kier alpha value is -0.290. The molecule has 0 unspecified atom stereocenters. The quantitative estimate of drug-likeness (QED) is 0.745. The molecule has 0 amide bonds. The molecule has 0 aromatic heterocycles. The molecule has 19 heavy (non-hydrogen) atoms. The van der Waals surface area contributed by atoms with Gasteiger partial charge >= 0.3 is 0 Å². The Kier molecular flexibility index (Phi) is 6.12. The summed E-state index contributed by atoms with van der Waals surface area (Å²) in [6, 6.07) is 4.75. The van der Waals surface area contributed by atoms with Gasteiger partial charge in [0.05, 0.1) is 5.02 Å². The molecular formula is C13H19Cl2NO2S. The van der Waals surface area contributed by atoms with E-state index < -0.39 is 10.0 Å². The van der Waals surface area contributed by atoms with E-state index in [0.29, 0.717) is 6.54 Å². The van der Waals surface area contributed by atoms with Gasteiger partial charge in [-0.25, -0.2) is 8.42 Å². The van der Waals surface area contributed by atoms with Crippen molar-refractivity contribution in [3.8, 4) is 0 Å². The largest absolute Gasteiger partial charge is 0.244 e. The highest BCUT2D eigenvalue weighted by molar-refractivity contribution is 7.89. The SMILES string of the molecule is CCCN(C(C)C)S(=O)(=O)c1cc(CCl)ccc1Cl. The van der Waals surface area contributed by atoms with Gasteiger partial charge in [-0.3, -0.25) is 0 Å². The molecule has 0 radical (unpaired) electrons. The van der Waals surface area contributed by atoms with Crippen molar-refractivity contribution < 1.29 is 8.42 Å². The van der Waals surface area contributed by atoms with Crippen molar-refractivity contribution in [1.29, 1.82) is 0 Å². The van der Waals surface area contributed by atoms with Crippen molar-refractivity contribution in [3.63, 3.8) is 0 Å². The minimum atomic E-state index is -3.58. The molecule has 6 heteroatoms. The average molecular weight is 324 g/mol. The molecule has 1 aromatic carbocycles. The summed E-state index contributed by atoms with van der Waals surface area (Å²) in [5.74, 6) is 0.259. The number of alkyl halides is 1. The zero-order chi connectivity index (χ0) is 14.6. The fourth-order valence-corrected chi connectivity index (χ4v) is 4.25. The van der Waals surface area contributed by atoms with E-state index in [9.17, 15) is 8.42 Å². The third-order valence-electron chi connectivity index (χ3n) is 2.76. The lowest BCUT2D eigenvalue weighted by molar-refractivity contribution is 0.354. The monoisotopic (exact) mass is 323 g/mol. The van der Waals surface area contributed by atoms with Crippen LogP contribution in [0.15, 0.2) is 23.1 Å². The Morgan fingerprint density at radius 2 is 1.95 bits per heavy atom. The molecule has 3 nitrogen and oxygen atoms in total. The first-order chi connectivity index (χ1) is 8.84. The number of benzene rings is 1. The van der Waals surface area contributed by atoms with E-state index >= 15 is 0 Å². The van der Waals surface area contributed by atoms with Gasteiger partial charge in [-0.2, -0.15) is 4.31 Å². The molecule has 0 N–H and O–H groups in total. The van der Waals surface area contributed by atoms with Crippen LogP contribution in [0.3, 0.4) is 0 Å². The van der Waals surface area contributed by atoms with Crippen LogP contribution in [0, 0.1) is 0 Å². The first kappa shape index (κ1) is 16.8. The molecular weight excluding hydrogens is 305 g/mol. The van der Waals surface area contributed by atoms with Gasteiger partial charge in [0.15, 0.2) is 0 Å². The molecule has 0 spiro atoms. The Morgan fingerprint density at radius 3 is 2.42 bits per heavy atom. The van der Waals surface area contributed by atoms with Gasteiger partial charge in [0, 0.05) is 18.5 Å². The van der Waals surface area contributed by atoms with Crippen molar-refractivity contribution in [2.45, 2.75) is 44.0 Å². The third kappa shape index (κ3) is 3.85. The summed E-state index contributed by atoms with van der Waals surface area (Å²) in [6.45, 7) is 6.13. The minimum absolute atomic E-state index is 0.110. The van der Waals surface area contributed by atoms with Crippen LogP contribution in [0.1, 0.15) is 32.8 Å². The summed E-state index contributed by atoms with van der Waals surface area (Å²) in [6.07, 6.45) is 0.754. The van der Waals surface area contributed by atoms with Crippen LogP contribution >= 0.6 is 23.2 Å². The summed E-state index contributed by atoms with van der Waals surface area (Å²) in [7, 11) is -3.58. The van der Waals surface area contributed by atoms with E-state index in [0.717, 1.165) is 12.0 Å². The van der Waals surface area contributed by atoms with E-state index in [1.807, 2.05) is 20.8 Å². The first-order valence-electron chi connectivity index (χ1n) is 6.20. The summed E-state index contributed by atoms with van der Waals surface area (Å²) in [5.41, 5.74) is 0.741. The maximum atomic E-state index is 12.7. The lowest BCUT2D eigenvalue weighted by Crippen LogP contribution is -2.37. The summed E-state index contributed by atoms with van der Waals surface area (Å²) >= 11 is 11.8. The molecule has 0 aliphatic carbocycles. The van der Waals surface area contributed by atoms with Crippen LogP contribution in [0.25, 0.3) is 0 Å². The topological polar surface area (TPSA) is 37.4 Å². The molecule has 0 saturated heterocycles. The van der Waals surface area contributed by atoms with Crippen molar-refractivity contribution in [2.24, 2.45) is 0 Å². The molecule has 0 aliphatic rings. The van der Waals surface area contributed by atoms with Crippen molar-refractivity contribution in [3.05, 3.63) is 28.8 Å². The van der Waals surface area contributed by atoms with E-state index in [4.69, 9.17) is 23.2 Å². The lowest BCUT2D eigenvalue weighted by atomic mass is 10.2. The van der Waals surface area contributed by atoms with Crippen molar-refractivity contribution >= 4 is 33.2 Å². The molecule has 108 valence electrons. The van der Waals surface area contributed by atoms with E-state index in [1.165, 1.54) is 4.31 Å². The maximum absolute atomic E-state index is 12.7. The van der Waals surface area contributed by atoms with Crippen LogP contribution in [0.5, 0.6) is 0 Å². The zero-order valence-corrected chi connectivity index (χ0v) is 13.7. The normalized spacial score (nSPS) is 12.4. The standard InChI is InChI=1S/C13H19Cl2NO2S/c1-4-7-16(10(2)3)19(17,18)13-8-11(9-14)5-6-12(13)15/h5-6,8,10H,4,7,9H2,1-3H3. The van der Waals surface area contributed by atoms with Crippen LogP contribution in [-0.2, 0) is 15.9 Å². The highest BCUT2D eigenvalue weighted by atomic mass is 35.5. The molecule has 1 rings (SSSR count). The van der Waals surface area contributed by atoms with Gasteiger partial charge in [0.2, 0.25) is 10.0 Å². The maximum Gasteiger partial charge on any atom is 0.244 e. The number of sulfonamides is 1. The zero-order valence-electron chi connectivity index (χ0n) is 11.4. The molecule has 0 bridgehead atoms. The minimum Gasteiger partial charge on any atom is -0.207 e. The predicted octanol–water partition coefficient (Wildman–Crippen LogP) is 3.89. The fourth-order valence-electron chi connectivity index (χ4n) is 1.83. The van der Waals surface area contributed by atoms with Gasteiger partial charge in [0.1, 0.15) is 4.90 Å². The van der Waals surface area contributed by atoms with Gasteiger partial charge in [-0.1, -0.05) is 24.6 Å². The van der Waals surface area contributed by atoms with Gasteiger partial charge in [0.25, 0.3) is 0 Å². The van der Waals surface area contributed by atoms with Gasteiger partial charge < -0.3 is 0 Å². The highest BCUT2D eigenvalue weighted by Gasteiger charge is 2.28. The Bertz CT molecular complexity index is 529. The fraction of sp³-hybridized carbons (Fsp3) is 0.538. The van der Waals surface area contributed by atoms with Gasteiger partial charge in [-0.05, 0) is 38.0 Å². The second-order valence-electron chi connectivity index (χ2n) is 4.61. The summed E-state index contributed by atoms with van der Waals surface area (Å²) in [4.78, 5) is 0.134. The van der Waals surface area contributed by atoms with Crippen LogP contribution in [0.4, 0.5) is 0 Å². The molecule has 0 heterocycles. The molecule has 1 aromatic rings. The predicted molar refractivity (Wildman–Crippen MR) is 80.3 cm³/mol. The number of nitrogens with zero attached hydrogens (tertiary/aromatic N) is 1. The molecule has 0 atom stereocenters.